The largest absolute Gasteiger partial charge is 0.372 e. The van der Waals surface area contributed by atoms with Gasteiger partial charge in [-0.25, -0.2) is 18.5 Å². The van der Waals surface area contributed by atoms with Crippen LogP contribution in [0.15, 0.2) is 53.6 Å². The molecule has 0 atom stereocenters. The fourth-order valence-corrected chi connectivity index (χ4v) is 2.78. The van der Waals surface area contributed by atoms with Crippen LogP contribution < -0.4 is 20.3 Å². The summed E-state index contributed by atoms with van der Waals surface area (Å²) >= 11 is 0. The molecule has 1 aromatic heterocycles. The van der Waals surface area contributed by atoms with Crippen LogP contribution in [-0.4, -0.2) is 28.1 Å². The molecule has 2 rings (SSSR count). The van der Waals surface area contributed by atoms with E-state index in [1.807, 2.05) is 18.2 Å². The second-order valence-corrected chi connectivity index (χ2v) is 6.74. The lowest BCUT2D eigenvalue weighted by Crippen LogP contribution is -2.26. The summed E-state index contributed by atoms with van der Waals surface area (Å²) < 4.78 is 22.4. The van der Waals surface area contributed by atoms with Crippen molar-refractivity contribution in [2.75, 3.05) is 29.9 Å². The van der Waals surface area contributed by atoms with E-state index in [2.05, 4.69) is 34.3 Å². The number of nitrogens with zero attached hydrogens (tertiary/aromatic N) is 1. The van der Waals surface area contributed by atoms with Gasteiger partial charge >= 0.3 is 0 Å². The molecule has 0 bridgehead atoms. The molecule has 0 unspecified atom stereocenters. The summed E-state index contributed by atoms with van der Waals surface area (Å²) in [5, 5.41) is 8.30. The van der Waals surface area contributed by atoms with Crippen molar-refractivity contribution in [3.8, 4) is 0 Å². The van der Waals surface area contributed by atoms with Crippen LogP contribution in [0.1, 0.15) is 13.3 Å². The molecule has 0 fully saturated rings. The quantitative estimate of drug-likeness (QED) is 0.715. The molecule has 1 heterocycles. The minimum absolute atomic E-state index is 0.0734. The second-order valence-electron chi connectivity index (χ2n) is 5.18. The average molecular weight is 335 g/mol. The number of para-hydroxylation sites is 1. The number of primary sulfonamides is 1. The maximum Gasteiger partial charge on any atom is 0.272 e. The summed E-state index contributed by atoms with van der Waals surface area (Å²) in [6, 6.07) is 13.5. The van der Waals surface area contributed by atoms with Crippen LogP contribution in [-0.2, 0) is 10.0 Å². The van der Waals surface area contributed by atoms with Gasteiger partial charge in [0.25, 0.3) is 5.82 Å². The lowest BCUT2D eigenvalue weighted by molar-refractivity contribution is -0.364. The van der Waals surface area contributed by atoms with Gasteiger partial charge in [-0.3, -0.25) is 5.32 Å². The van der Waals surface area contributed by atoms with Gasteiger partial charge in [-0.2, -0.15) is 0 Å². The molecule has 7 heteroatoms. The van der Waals surface area contributed by atoms with Crippen molar-refractivity contribution in [1.29, 1.82) is 0 Å². The zero-order valence-electron chi connectivity index (χ0n) is 13.2. The molecule has 0 radical (unpaired) electrons. The fourth-order valence-electron chi connectivity index (χ4n) is 2.30. The number of rotatable bonds is 8. The Morgan fingerprint density at radius 3 is 2.48 bits per heavy atom. The number of nitrogens with two attached hydrogens (primary N) is 1. The average Bonchev–Trinajstić information content (AvgIpc) is 2.55. The van der Waals surface area contributed by atoms with Gasteiger partial charge in [0.15, 0.2) is 0 Å². The first-order valence-corrected chi connectivity index (χ1v) is 9.13. The van der Waals surface area contributed by atoms with E-state index in [0.717, 1.165) is 31.9 Å². The number of hydrogen-bond donors (Lipinski definition) is 2. The van der Waals surface area contributed by atoms with E-state index in [0.29, 0.717) is 0 Å². The highest BCUT2D eigenvalue weighted by molar-refractivity contribution is 7.89. The Kier molecular flexibility index (Phi) is 5.95. The number of nitrogens with one attached hydrogen (secondary N) is 2. The molecule has 23 heavy (non-hydrogen) atoms. The molecular weight excluding hydrogens is 312 g/mol. The van der Waals surface area contributed by atoms with Crippen LogP contribution in [0.3, 0.4) is 0 Å². The van der Waals surface area contributed by atoms with E-state index in [-0.39, 0.29) is 4.90 Å². The van der Waals surface area contributed by atoms with Gasteiger partial charge in [0, 0.05) is 31.3 Å². The molecule has 0 spiro atoms. The fraction of sp³-hybridized carbons (Fsp3) is 0.312. The first-order chi connectivity index (χ1) is 11.0. The molecule has 0 aliphatic carbocycles. The standard InChI is InChI=1S/C16H22N4O2S/c1-2-20(14-7-4-3-5-8-14)12-6-11-18-16-10-9-15(13-19-16)23(17,21)22/h3-5,7-10,13H,2,6,11-12H2,1H3,(H,18,19)(H2,17,21,22)/p+1. The Balaban J connectivity index is 1.81. The van der Waals surface area contributed by atoms with E-state index >= 15 is 0 Å². The SMILES string of the molecule is CCN(CCCNc1ccc(S(N)(=O)=O)c[nH+]1)c1ccccc1. The Bertz CT molecular complexity index is 703. The number of pyridine rings is 1. The molecule has 0 saturated heterocycles. The number of benzene rings is 1. The summed E-state index contributed by atoms with van der Waals surface area (Å²) in [4.78, 5) is 5.28. The number of aromatic amines is 1. The first kappa shape index (κ1) is 17.2. The Labute approximate surface area is 137 Å². The van der Waals surface area contributed by atoms with Crippen molar-refractivity contribution in [3.63, 3.8) is 0 Å². The summed E-state index contributed by atoms with van der Waals surface area (Å²) in [5.74, 6) is 0.764. The van der Waals surface area contributed by atoms with Crippen molar-refractivity contribution in [2.24, 2.45) is 5.14 Å². The maximum absolute atomic E-state index is 11.2. The van der Waals surface area contributed by atoms with E-state index in [9.17, 15) is 8.42 Å². The van der Waals surface area contributed by atoms with E-state index in [4.69, 9.17) is 5.14 Å². The van der Waals surface area contributed by atoms with Crippen molar-refractivity contribution in [3.05, 3.63) is 48.7 Å². The first-order valence-electron chi connectivity index (χ1n) is 7.59. The zero-order chi connectivity index (χ0) is 16.7. The third kappa shape index (κ3) is 5.22. The molecular formula is C16H23N4O2S+. The highest BCUT2D eigenvalue weighted by Gasteiger charge is 2.10. The van der Waals surface area contributed by atoms with Crippen LogP contribution in [0.4, 0.5) is 11.5 Å². The van der Waals surface area contributed by atoms with Crippen LogP contribution in [0, 0.1) is 0 Å². The van der Waals surface area contributed by atoms with Crippen molar-refractivity contribution in [2.45, 2.75) is 18.2 Å². The van der Waals surface area contributed by atoms with Gasteiger partial charge in [0.05, 0.1) is 6.54 Å². The van der Waals surface area contributed by atoms with Crippen molar-refractivity contribution >= 4 is 21.5 Å². The minimum Gasteiger partial charge on any atom is -0.372 e. The predicted octanol–water partition coefficient (Wildman–Crippen LogP) is 1.48. The number of H-pyrrole nitrogens is 1. The van der Waals surface area contributed by atoms with Crippen LogP contribution in [0.2, 0.25) is 0 Å². The van der Waals surface area contributed by atoms with Gasteiger partial charge in [0.1, 0.15) is 11.1 Å². The van der Waals surface area contributed by atoms with Gasteiger partial charge in [0.2, 0.25) is 10.0 Å². The Morgan fingerprint density at radius 2 is 1.91 bits per heavy atom. The van der Waals surface area contributed by atoms with Crippen LogP contribution >= 0.6 is 0 Å². The molecule has 0 aliphatic rings. The number of hydrogen-bond acceptors (Lipinski definition) is 4. The van der Waals surface area contributed by atoms with E-state index in [1.165, 1.54) is 18.0 Å². The molecule has 0 aliphatic heterocycles. The highest BCUT2D eigenvalue weighted by Crippen LogP contribution is 2.13. The molecule has 0 amide bonds. The molecule has 4 N–H and O–H groups in total. The topological polar surface area (TPSA) is 89.6 Å². The maximum atomic E-state index is 11.2. The lowest BCUT2D eigenvalue weighted by atomic mass is 10.2. The molecule has 1 aromatic carbocycles. The predicted molar refractivity (Wildman–Crippen MR) is 91.8 cm³/mol. The summed E-state index contributed by atoms with van der Waals surface area (Å²) in [7, 11) is -3.66. The normalized spacial score (nSPS) is 11.2. The number of aromatic nitrogens is 1. The monoisotopic (exact) mass is 335 g/mol. The van der Waals surface area contributed by atoms with Crippen LogP contribution in [0.25, 0.3) is 0 Å². The van der Waals surface area contributed by atoms with Crippen LogP contribution in [0.5, 0.6) is 0 Å². The van der Waals surface area contributed by atoms with Crippen molar-refractivity contribution < 1.29 is 13.4 Å². The third-order valence-corrected chi connectivity index (χ3v) is 4.45. The van der Waals surface area contributed by atoms with Gasteiger partial charge in [-0.15, -0.1) is 0 Å². The highest BCUT2D eigenvalue weighted by atomic mass is 32.2. The molecule has 0 saturated carbocycles. The smallest absolute Gasteiger partial charge is 0.272 e. The molecule has 6 nitrogen and oxygen atoms in total. The number of anilines is 2. The third-order valence-electron chi connectivity index (χ3n) is 3.54. The van der Waals surface area contributed by atoms with E-state index in [1.54, 1.807) is 6.07 Å². The van der Waals surface area contributed by atoms with Gasteiger partial charge in [-0.05, 0) is 25.1 Å². The minimum atomic E-state index is -3.66. The Hall–Kier alpha value is -2.12. The molecule has 2 aromatic rings. The summed E-state index contributed by atoms with van der Waals surface area (Å²) in [6.07, 6.45) is 2.35. The summed E-state index contributed by atoms with van der Waals surface area (Å²) in [6.45, 7) is 4.83. The zero-order valence-corrected chi connectivity index (χ0v) is 14.0. The Morgan fingerprint density at radius 1 is 1.17 bits per heavy atom. The van der Waals surface area contributed by atoms with Gasteiger partial charge < -0.3 is 4.90 Å². The second kappa shape index (κ2) is 7.94. The summed E-state index contributed by atoms with van der Waals surface area (Å²) in [5.41, 5.74) is 1.22. The van der Waals surface area contributed by atoms with E-state index < -0.39 is 10.0 Å². The van der Waals surface area contributed by atoms with Gasteiger partial charge in [-0.1, -0.05) is 18.2 Å². The lowest BCUT2D eigenvalue weighted by Gasteiger charge is -2.22. The molecule has 124 valence electrons. The van der Waals surface area contributed by atoms with Crippen molar-refractivity contribution in [1.82, 2.24) is 0 Å². The number of sulfonamides is 1.